The molecule has 0 radical (unpaired) electrons. The minimum absolute atomic E-state index is 0.0741. The van der Waals surface area contributed by atoms with Crippen molar-refractivity contribution < 1.29 is 9.53 Å². The van der Waals surface area contributed by atoms with Crippen molar-refractivity contribution in [2.45, 2.75) is 37.3 Å². The number of benzene rings is 3. The zero-order chi connectivity index (χ0) is 22.4. The van der Waals surface area contributed by atoms with Crippen LogP contribution in [0.4, 0.5) is 4.79 Å². The molecule has 2 atom stereocenters. The standard InChI is InChI=1S/C29H24N2O2/c30-17-19-9-11-20(12-10-19)21-15-22-13-14-23(16-21)31(22)29(32)33-18-28-26-7-3-1-5-24(26)25-6-2-4-8-27(25)28/h1-12,15,22-23,28H,13-14,16,18H2. The van der Waals surface area contributed by atoms with Crippen LogP contribution in [0.15, 0.2) is 78.9 Å². The molecule has 0 saturated carbocycles. The van der Waals surface area contributed by atoms with Crippen molar-refractivity contribution in [3.05, 3.63) is 101 Å². The molecule has 2 heterocycles. The molecular formula is C29H24N2O2. The van der Waals surface area contributed by atoms with Gasteiger partial charge < -0.3 is 4.74 Å². The molecule has 1 saturated heterocycles. The highest BCUT2D eigenvalue weighted by molar-refractivity contribution is 5.79. The monoisotopic (exact) mass is 432 g/mol. The predicted molar refractivity (Wildman–Crippen MR) is 127 cm³/mol. The molecule has 1 amide bonds. The molecule has 0 spiro atoms. The first kappa shape index (κ1) is 19.8. The highest BCUT2D eigenvalue weighted by Gasteiger charge is 2.41. The third kappa shape index (κ3) is 3.32. The molecule has 3 aromatic carbocycles. The lowest BCUT2D eigenvalue weighted by Crippen LogP contribution is -2.43. The van der Waals surface area contributed by atoms with Gasteiger partial charge in [0.1, 0.15) is 6.61 Å². The Balaban J connectivity index is 1.19. The Morgan fingerprint density at radius 1 is 0.939 bits per heavy atom. The average Bonchev–Trinajstić information content (AvgIpc) is 3.33. The molecule has 162 valence electrons. The SMILES string of the molecule is N#Cc1ccc(C2=CC3CCC(C2)N3C(=O)OCC2c3ccccc3-c3ccccc32)cc1. The molecule has 3 aromatic rings. The number of hydrogen-bond acceptors (Lipinski definition) is 3. The molecule has 3 aliphatic rings. The Kier molecular flexibility index (Phi) is 4.77. The smallest absolute Gasteiger partial charge is 0.410 e. The lowest BCUT2D eigenvalue weighted by Gasteiger charge is -2.33. The fraction of sp³-hybridized carbons (Fsp3) is 0.241. The summed E-state index contributed by atoms with van der Waals surface area (Å²) in [5, 5.41) is 9.04. The molecule has 6 rings (SSSR count). The van der Waals surface area contributed by atoms with Crippen LogP contribution >= 0.6 is 0 Å². The Morgan fingerprint density at radius 3 is 2.24 bits per heavy atom. The van der Waals surface area contributed by atoms with Crippen LogP contribution in [0, 0.1) is 11.3 Å². The second-order valence-corrected chi connectivity index (χ2v) is 9.09. The van der Waals surface area contributed by atoms with Gasteiger partial charge in [-0.25, -0.2) is 4.79 Å². The highest BCUT2D eigenvalue weighted by Crippen LogP contribution is 2.45. The zero-order valence-corrected chi connectivity index (χ0v) is 18.3. The largest absolute Gasteiger partial charge is 0.448 e. The molecular weight excluding hydrogens is 408 g/mol. The van der Waals surface area contributed by atoms with E-state index in [0.717, 1.165) is 24.8 Å². The van der Waals surface area contributed by atoms with E-state index in [0.29, 0.717) is 12.2 Å². The van der Waals surface area contributed by atoms with Gasteiger partial charge in [-0.1, -0.05) is 66.7 Å². The minimum atomic E-state index is -0.209. The summed E-state index contributed by atoms with van der Waals surface area (Å²) >= 11 is 0. The van der Waals surface area contributed by atoms with Gasteiger partial charge in [-0.15, -0.1) is 0 Å². The van der Waals surface area contributed by atoms with Crippen LogP contribution in [-0.2, 0) is 4.74 Å². The van der Waals surface area contributed by atoms with E-state index in [2.05, 4.69) is 60.7 Å². The predicted octanol–water partition coefficient (Wildman–Crippen LogP) is 6.13. The van der Waals surface area contributed by atoms with Gasteiger partial charge in [-0.05, 0) is 64.8 Å². The summed E-state index contributed by atoms with van der Waals surface area (Å²) in [5.74, 6) is 0.0774. The third-order valence-corrected chi connectivity index (χ3v) is 7.33. The van der Waals surface area contributed by atoms with Gasteiger partial charge in [0, 0.05) is 12.0 Å². The number of nitrogens with zero attached hydrogens (tertiary/aromatic N) is 2. The topological polar surface area (TPSA) is 53.3 Å². The van der Waals surface area contributed by atoms with Crippen LogP contribution in [-0.4, -0.2) is 29.7 Å². The van der Waals surface area contributed by atoms with Crippen molar-refractivity contribution in [3.63, 3.8) is 0 Å². The molecule has 0 aromatic heterocycles. The molecule has 33 heavy (non-hydrogen) atoms. The fourth-order valence-corrected chi connectivity index (χ4v) is 5.76. The zero-order valence-electron chi connectivity index (χ0n) is 18.3. The Bertz CT molecular complexity index is 1260. The molecule has 4 heteroatoms. The lowest BCUT2D eigenvalue weighted by atomic mass is 9.94. The minimum Gasteiger partial charge on any atom is -0.448 e. The number of ether oxygens (including phenoxy) is 1. The summed E-state index contributed by atoms with van der Waals surface area (Å²) in [6.07, 6.45) is 4.79. The van der Waals surface area contributed by atoms with E-state index in [1.54, 1.807) is 0 Å². The van der Waals surface area contributed by atoms with Crippen LogP contribution in [0.5, 0.6) is 0 Å². The van der Waals surface area contributed by atoms with E-state index in [4.69, 9.17) is 10.00 Å². The molecule has 4 nitrogen and oxygen atoms in total. The first-order valence-electron chi connectivity index (χ1n) is 11.6. The molecule has 2 bridgehead atoms. The van der Waals surface area contributed by atoms with Crippen LogP contribution in [0.25, 0.3) is 16.7 Å². The molecule has 1 aliphatic carbocycles. The van der Waals surface area contributed by atoms with E-state index in [1.807, 2.05) is 29.2 Å². The van der Waals surface area contributed by atoms with Crippen LogP contribution in [0.2, 0.25) is 0 Å². The second-order valence-electron chi connectivity index (χ2n) is 9.09. The van der Waals surface area contributed by atoms with Crippen LogP contribution < -0.4 is 0 Å². The molecule has 1 fully saturated rings. The van der Waals surface area contributed by atoms with E-state index < -0.39 is 0 Å². The number of rotatable bonds is 3. The van der Waals surface area contributed by atoms with Crippen molar-refractivity contribution in [1.82, 2.24) is 4.90 Å². The summed E-state index contributed by atoms with van der Waals surface area (Å²) in [4.78, 5) is 15.1. The number of nitriles is 1. The Labute approximate surface area is 193 Å². The quantitative estimate of drug-likeness (QED) is 0.500. The maximum Gasteiger partial charge on any atom is 0.410 e. The van der Waals surface area contributed by atoms with Crippen molar-refractivity contribution in [1.29, 1.82) is 5.26 Å². The number of hydrogen-bond donors (Lipinski definition) is 0. The van der Waals surface area contributed by atoms with E-state index >= 15 is 0 Å². The van der Waals surface area contributed by atoms with E-state index in [1.165, 1.54) is 27.8 Å². The first-order valence-corrected chi connectivity index (χ1v) is 11.6. The van der Waals surface area contributed by atoms with Gasteiger partial charge in [0.2, 0.25) is 0 Å². The maximum absolute atomic E-state index is 13.2. The third-order valence-electron chi connectivity index (χ3n) is 7.33. The van der Waals surface area contributed by atoms with Gasteiger partial charge >= 0.3 is 6.09 Å². The summed E-state index contributed by atoms with van der Waals surface area (Å²) < 4.78 is 5.95. The lowest BCUT2D eigenvalue weighted by molar-refractivity contribution is 0.0866. The number of fused-ring (bicyclic) bond motifs is 5. The Morgan fingerprint density at radius 2 is 1.61 bits per heavy atom. The number of carbonyl (C=O) groups excluding carboxylic acids is 1. The van der Waals surface area contributed by atoms with Crippen molar-refractivity contribution in [3.8, 4) is 17.2 Å². The van der Waals surface area contributed by atoms with Crippen LogP contribution in [0.3, 0.4) is 0 Å². The van der Waals surface area contributed by atoms with Crippen molar-refractivity contribution in [2.75, 3.05) is 6.61 Å². The van der Waals surface area contributed by atoms with Gasteiger partial charge in [-0.2, -0.15) is 5.26 Å². The van der Waals surface area contributed by atoms with Gasteiger partial charge in [0.15, 0.2) is 0 Å². The van der Waals surface area contributed by atoms with Crippen LogP contribution in [0.1, 0.15) is 47.4 Å². The molecule has 2 unspecified atom stereocenters. The normalized spacial score (nSPS) is 20.6. The fourth-order valence-electron chi connectivity index (χ4n) is 5.76. The molecule has 2 aliphatic heterocycles. The summed E-state index contributed by atoms with van der Waals surface area (Å²) in [6, 6.07) is 27.0. The molecule has 0 N–H and O–H groups in total. The highest BCUT2D eigenvalue weighted by atomic mass is 16.6. The first-order chi connectivity index (χ1) is 16.2. The van der Waals surface area contributed by atoms with E-state index in [-0.39, 0.29) is 24.1 Å². The number of amides is 1. The number of carbonyl (C=O) groups is 1. The average molecular weight is 433 g/mol. The summed E-state index contributed by atoms with van der Waals surface area (Å²) in [5.41, 5.74) is 8.00. The van der Waals surface area contributed by atoms with Gasteiger partial charge in [-0.3, -0.25) is 4.90 Å². The van der Waals surface area contributed by atoms with Crippen molar-refractivity contribution in [2.24, 2.45) is 0 Å². The van der Waals surface area contributed by atoms with E-state index in [9.17, 15) is 4.79 Å². The maximum atomic E-state index is 13.2. The second kappa shape index (κ2) is 7.94. The van der Waals surface area contributed by atoms with Gasteiger partial charge in [0.05, 0.1) is 17.7 Å². The van der Waals surface area contributed by atoms with Gasteiger partial charge in [0.25, 0.3) is 0 Å². The Hall–Kier alpha value is -3.84. The van der Waals surface area contributed by atoms with Crippen molar-refractivity contribution >= 4 is 11.7 Å². The summed E-state index contributed by atoms with van der Waals surface area (Å²) in [6.45, 7) is 0.356. The summed E-state index contributed by atoms with van der Waals surface area (Å²) in [7, 11) is 0.